The molecule has 3 rings (SSSR count). The lowest BCUT2D eigenvalue weighted by molar-refractivity contribution is 0.0681. The first-order valence-corrected chi connectivity index (χ1v) is 7.60. The Balaban J connectivity index is 1.60. The van der Waals surface area contributed by atoms with Gasteiger partial charge < -0.3 is 10.0 Å². The maximum Gasteiger partial charge on any atom is 0.335 e. The highest BCUT2D eigenvalue weighted by molar-refractivity contribution is 5.97. The van der Waals surface area contributed by atoms with Gasteiger partial charge in [-0.15, -0.1) is 5.10 Å². The summed E-state index contributed by atoms with van der Waals surface area (Å²) < 4.78 is 1.82. The summed E-state index contributed by atoms with van der Waals surface area (Å²) in [5, 5.41) is 16.8. The Labute approximate surface area is 133 Å². The van der Waals surface area contributed by atoms with Crippen molar-refractivity contribution in [2.45, 2.75) is 19.4 Å². The third-order valence-electron chi connectivity index (χ3n) is 4.18. The lowest BCUT2D eigenvalue weighted by Gasteiger charge is -2.32. The molecule has 0 aliphatic carbocycles. The van der Waals surface area contributed by atoms with E-state index in [-0.39, 0.29) is 11.5 Å². The van der Waals surface area contributed by atoms with E-state index in [1.807, 2.05) is 10.9 Å². The molecule has 1 aromatic heterocycles. The third kappa shape index (κ3) is 3.56. The number of amides is 1. The standard InChI is InChI=1S/C16H18N4O3/c21-15(13-2-1-3-14(10-13)16(22)23)19-7-4-12(5-8-19)11-20-9-6-17-18-20/h1-3,6,9-10,12H,4-5,7-8,11H2,(H,22,23). The van der Waals surface area contributed by atoms with E-state index in [9.17, 15) is 9.59 Å². The summed E-state index contributed by atoms with van der Waals surface area (Å²) in [6, 6.07) is 6.19. The second-order valence-corrected chi connectivity index (χ2v) is 5.75. The molecule has 7 heteroatoms. The zero-order chi connectivity index (χ0) is 16.2. The highest BCUT2D eigenvalue weighted by atomic mass is 16.4. The van der Waals surface area contributed by atoms with Gasteiger partial charge in [0.2, 0.25) is 0 Å². The minimum Gasteiger partial charge on any atom is -0.478 e. The van der Waals surface area contributed by atoms with Crippen LogP contribution in [0.4, 0.5) is 0 Å². The molecule has 0 saturated carbocycles. The second-order valence-electron chi connectivity index (χ2n) is 5.75. The molecular weight excluding hydrogens is 296 g/mol. The Bertz CT molecular complexity index is 691. The van der Waals surface area contributed by atoms with E-state index in [1.54, 1.807) is 23.2 Å². The van der Waals surface area contributed by atoms with E-state index in [2.05, 4.69) is 10.3 Å². The smallest absolute Gasteiger partial charge is 0.335 e. The third-order valence-corrected chi connectivity index (χ3v) is 4.18. The highest BCUT2D eigenvalue weighted by Gasteiger charge is 2.24. The van der Waals surface area contributed by atoms with Crippen LogP contribution >= 0.6 is 0 Å². The molecule has 1 saturated heterocycles. The van der Waals surface area contributed by atoms with Crippen LogP contribution in [0, 0.1) is 5.92 Å². The molecule has 0 spiro atoms. The number of likely N-dealkylation sites (tertiary alicyclic amines) is 1. The van der Waals surface area contributed by atoms with Crippen LogP contribution in [0.15, 0.2) is 36.7 Å². The molecule has 1 fully saturated rings. The van der Waals surface area contributed by atoms with Crippen LogP contribution in [-0.4, -0.2) is 50.0 Å². The summed E-state index contributed by atoms with van der Waals surface area (Å²) in [7, 11) is 0. The summed E-state index contributed by atoms with van der Waals surface area (Å²) in [5.41, 5.74) is 0.566. The lowest BCUT2D eigenvalue weighted by Crippen LogP contribution is -2.39. The highest BCUT2D eigenvalue weighted by Crippen LogP contribution is 2.20. The van der Waals surface area contributed by atoms with Crippen molar-refractivity contribution in [1.29, 1.82) is 0 Å². The van der Waals surface area contributed by atoms with Gasteiger partial charge in [-0.1, -0.05) is 11.3 Å². The average Bonchev–Trinajstić information content (AvgIpc) is 3.08. The van der Waals surface area contributed by atoms with Gasteiger partial charge in [-0.05, 0) is 37.0 Å². The van der Waals surface area contributed by atoms with Crippen molar-refractivity contribution < 1.29 is 14.7 Å². The van der Waals surface area contributed by atoms with Crippen molar-refractivity contribution in [2.24, 2.45) is 5.92 Å². The first-order chi connectivity index (χ1) is 11.1. The average molecular weight is 314 g/mol. The Morgan fingerprint density at radius 3 is 2.61 bits per heavy atom. The number of nitrogens with zero attached hydrogens (tertiary/aromatic N) is 4. The zero-order valence-corrected chi connectivity index (χ0v) is 12.6. The van der Waals surface area contributed by atoms with Crippen molar-refractivity contribution in [3.63, 3.8) is 0 Å². The number of carbonyl (C=O) groups is 2. The fraction of sp³-hybridized carbons (Fsp3) is 0.375. The maximum absolute atomic E-state index is 12.5. The molecule has 1 aromatic carbocycles. The Kier molecular flexibility index (Phi) is 4.36. The molecule has 1 aliphatic heterocycles. The van der Waals surface area contributed by atoms with Crippen LogP contribution in [0.25, 0.3) is 0 Å². The minimum atomic E-state index is -1.02. The molecule has 0 bridgehead atoms. The van der Waals surface area contributed by atoms with Gasteiger partial charge in [0, 0.05) is 31.4 Å². The SMILES string of the molecule is O=C(O)c1cccc(C(=O)N2CCC(Cn3ccnn3)CC2)c1. The quantitative estimate of drug-likeness (QED) is 0.924. The molecule has 2 aromatic rings. The van der Waals surface area contributed by atoms with E-state index in [1.165, 1.54) is 12.1 Å². The van der Waals surface area contributed by atoms with E-state index < -0.39 is 5.97 Å². The predicted molar refractivity (Wildman–Crippen MR) is 82.1 cm³/mol. The fourth-order valence-corrected chi connectivity index (χ4v) is 2.88. The largest absolute Gasteiger partial charge is 0.478 e. The number of carboxylic acid groups (broad SMARTS) is 1. The van der Waals surface area contributed by atoms with Crippen LogP contribution in [0.3, 0.4) is 0 Å². The minimum absolute atomic E-state index is 0.104. The Hall–Kier alpha value is -2.70. The van der Waals surface area contributed by atoms with Gasteiger partial charge in [0.05, 0.1) is 11.8 Å². The van der Waals surface area contributed by atoms with Crippen molar-refractivity contribution in [3.8, 4) is 0 Å². The molecule has 7 nitrogen and oxygen atoms in total. The number of hydrogen-bond donors (Lipinski definition) is 1. The van der Waals surface area contributed by atoms with Crippen LogP contribution in [0.2, 0.25) is 0 Å². The summed E-state index contributed by atoms with van der Waals surface area (Å²) >= 11 is 0. The summed E-state index contributed by atoms with van der Waals surface area (Å²) in [5.74, 6) is -0.649. The molecule has 1 aliphatic rings. The van der Waals surface area contributed by atoms with Crippen molar-refractivity contribution in [3.05, 3.63) is 47.8 Å². The first-order valence-electron chi connectivity index (χ1n) is 7.60. The Morgan fingerprint density at radius 2 is 1.96 bits per heavy atom. The molecule has 0 radical (unpaired) electrons. The molecule has 1 N–H and O–H groups in total. The number of piperidine rings is 1. The number of carbonyl (C=O) groups excluding carboxylic acids is 1. The number of carboxylic acids is 1. The Morgan fingerprint density at radius 1 is 1.22 bits per heavy atom. The van der Waals surface area contributed by atoms with Gasteiger partial charge in [-0.3, -0.25) is 9.48 Å². The molecule has 23 heavy (non-hydrogen) atoms. The fourth-order valence-electron chi connectivity index (χ4n) is 2.88. The number of hydrogen-bond acceptors (Lipinski definition) is 4. The maximum atomic E-state index is 12.5. The van der Waals surface area contributed by atoms with Gasteiger partial charge >= 0.3 is 5.97 Å². The summed E-state index contributed by atoms with van der Waals surface area (Å²) in [6.45, 7) is 2.17. The van der Waals surface area contributed by atoms with Gasteiger partial charge in [-0.2, -0.15) is 0 Å². The van der Waals surface area contributed by atoms with Gasteiger partial charge in [0.1, 0.15) is 0 Å². The van der Waals surface area contributed by atoms with Gasteiger partial charge in [-0.25, -0.2) is 4.79 Å². The number of aromatic nitrogens is 3. The molecule has 120 valence electrons. The number of aromatic carboxylic acids is 1. The van der Waals surface area contributed by atoms with E-state index >= 15 is 0 Å². The van der Waals surface area contributed by atoms with Gasteiger partial charge in [0.25, 0.3) is 5.91 Å². The monoisotopic (exact) mass is 314 g/mol. The van der Waals surface area contributed by atoms with Crippen molar-refractivity contribution >= 4 is 11.9 Å². The molecule has 0 unspecified atom stereocenters. The number of rotatable bonds is 4. The summed E-state index contributed by atoms with van der Waals surface area (Å²) in [4.78, 5) is 25.3. The van der Waals surface area contributed by atoms with Crippen LogP contribution in [-0.2, 0) is 6.54 Å². The lowest BCUT2D eigenvalue weighted by atomic mass is 9.96. The molecular formula is C16H18N4O3. The second kappa shape index (κ2) is 6.60. The van der Waals surface area contributed by atoms with Crippen LogP contribution < -0.4 is 0 Å². The first kappa shape index (κ1) is 15.2. The topological polar surface area (TPSA) is 88.3 Å². The van der Waals surface area contributed by atoms with Crippen LogP contribution in [0.1, 0.15) is 33.6 Å². The molecule has 1 amide bonds. The van der Waals surface area contributed by atoms with Crippen molar-refractivity contribution in [1.82, 2.24) is 19.9 Å². The van der Waals surface area contributed by atoms with Gasteiger partial charge in [0.15, 0.2) is 0 Å². The normalized spacial score (nSPS) is 15.6. The molecule has 0 atom stereocenters. The van der Waals surface area contributed by atoms with E-state index in [0.29, 0.717) is 24.6 Å². The predicted octanol–water partition coefficient (Wildman–Crippen LogP) is 1.53. The van der Waals surface area contributed by atoms with E-state index in [4.69, 9.17) is 5.11 Å². The van der Waals surface area contributed by atoms with Crippen LogP contribution in [0.5, 0.6) is 0 Å². The van der Waals surface area contributed by atoms with Crippen molar-refractivity contribution in [2.75, 3.05) is 13.1 Å². The zero-order valence-electron chi connectivity index (χ0n) is 12.6. The number of benzene rings is 1. The molecule has 2 heterocycles. The summed E-state index contributed by atoms with van der Waals surface area (Å²) in [6.07, 6.45) is 5.32. The van der Waals surface area contributed by atoms with E-state index in [0.717, 1.165) is 19.4 Å².